The number of urea groups is 1. The highest BCUT2D eigenvalue weighted by Gasteiger charge is 2.36. The summed E-state index contributed by atoms with van der Waals surface area (Å²) in [6, 6.07) is 12.4. The molecular weight excluding hydrogens is 512 g/mol. The molecule has 5 N–H and O–H groups in total. The Labute approximate surface area is 237 Å². The zero-order valence-electron chi connectivity index (χ0n) is 23.0. The summed E-state index contributed by atoms with van der Waals surface area (Å²) in [6.45, 7) is 9.96. The standard InChI is InChI=1S/C29H36N6O5.3H2/c1-29(2,3)25(36)15-26(30)34-28(37)31-19-6-4-18(5-7-19)27-32-21-9-8-20(14-22(21)33-27)38-11-10-35-16-23-24(17-35)40-13-12-39-23;;;/h4-9,14-15,23-24,36H,10-13,16-17H2,1-3H3,(H,32,33)(H3,30,31,34,37);3*1H/b25-15-;;;. The maximum absolute atomic E-state index is 12.2. The van der Waals surface area contributed by atoms with Gasteiger partial charge >= 0.3 is 6.03 Å². The number of rotatable bonds is 7. The number of H-pyrrole nitrogens is 1. The number of nitrogens with zero attached hydrogens (tertiary/aromatic N) is 3. The first-order valence-electron chi connectivity index (χ1n) is 13.4. The second-order valence-electron chi connectivity index (χ2n) is 11.0. The molecule has 0 radical (unpaired) electrons. The van der Waals surface area contributed by atoms with Gasteiger partial charge in [0.2, 0.25) is 0 Å². The van der Waals surface area contributed by atoms with Crippen molar-refractivity contribution in [1.29, 1.82) is 0 Å². The minimum atomic E-state index is -0.635. The average Bonchev–Trinajstić information content (AvgIpc) is 3.52. The number of aliphatic hydroxyl groups is 1. The van der Waals surface area contributed by atoms with Crippen LogP contribution in [0.2, 0.25) is 0 Å². The summed E-state index contributed by atoms with van der Waals surface area (Å²) < 4.78 is 17.6. The number of anilines is 1. The highest BCUT2D eigenvalue weighted by Crippen LogP contribution is 2.26. The second kappa shape index (κ2) is 11.7. The largest absolute Gasteiger partial charge is 0.512 e. The number of fused-ring (bicyclic) bond motifs is 2. The number of aromatic nitrogens is 2. The van der Waals surface area contributed by atoms with Gasteiger partial charge in [-0.2, -0.15) is 4.99 Å². The molecule has 11 heteroatoms. The Bertz CT molecular complexity index is 1410. The molecule has 11 nitrogen and oxygen atoms in total. The number of aromatic amines is 1. The third kappa shape index (κ3) is 6.79. The lowest BCUT2D eigenvalue weighted by atomic mass is 9.93. The summed E-state index contributed by atoms with van der Waals surface area (Å²) in [4.78, 5) is 26.3. The highest BCUT2D eigenvalue weighted by atomic mass is 16.6. The topological polar surface area (TPSA) is 147 Å². The third-order valence-corrected chi connectivity index (χ3v) is 6.86. The van der Waals surface area contributed by atoms with Crippen molar-refractivity contribution in [3.05, 3.63) is 54.3 Å². The number of hydrogen-bond acceptors (Lipinski definition) is 7. The Balaban J connectivity index is 0.00000215. The molecule has 0 aliphatic carbocycles. The normalized spacial score (nSPS) is 20.5. The van der Waals surface area contributed by atoms with E-state index >= 15 is 0 Å². The predicted molar refractivity (Wildman–Crippen MR) is 160 cm³/mol. The number of amidine groups is 1. The van der Waals surface area contributed by atoms with Crippen LogP contribution in [0, 0.1) is 5.41 Å². The number of imidazole rings is 1. The van der Waals surface area contributed by atoms with Crippen LogP contribution in [-0.4, -0.2) is 83.5 Å². The van der Waals surface area contributed by atoms with Crippen LogP contribution in [-0.2, 0) is 9.47 Å². The lowest BCUT2D eigenvalue weighted by Crippen LogP contribution is -2.36. The minimum absolute atomic E-state index is 0. The summed E-state index contributed by atoms with van der Waals surface area (Å²) in [5, 5.41) is 12.7. The van der Waals surface area contributed by atoms with Crippen molar-refractivity contribution >= 4 is 28.6 Å². The number of nitrogens with one attached hydrogen (secondary N) is 2. The van der Waals surface area contributed by atoms with Gasteiger partial charge in [-0.05, 0) is 36.4 Å². The molecule has 3 aromatic rings. The van der Waals surface area contributed by atoms with E-state index in [0.717, 1.165) is 42.0 Å². The fourth-order valence-electron chi connectivity index (χ4n) is 4.60. The monoisotopic (exact) mass is 554 g/mol. The molecule has 2 aromatic carbocycles. The van der Waals surface area contributed by atoms with E-state index in [0.29, 0.717) is 31.3 Å². The molecule has 2 aliphatic rings. The number of hydrogen-bond donors (Lipinski definition) is 4. The fourth-order valence-corrected chi connectivity index (χ4v) is 4.60. The molecule has 2 atom stereocenters. The Morgan fingerprint density at radius 2 is 1.93 bits per heavy atom. The third-order valence-electron chi connectivity index (χ3n) is 6.86. The van der Waals surface area contributed by atoms with Gasteiger partial charge in [0.05, 0.1) is 36.5 Å². The lowest BCUT2D eigenvalue weighted by molar-refractivity contribution is -0.116. The highest BCUT2D eigenvalue weighted by molar-refractivity contribution is 6.03. The summed E-state index contributed by atoms with van der Waals surface area (Å²) in [6.07, 6.45) is 1.62. The number of allylic oxidation sites excluding steroid dienone is 1. The molecule has 0 spiro atoms. The lowest BCUT2D eigenvalue weighted by Gasteiger charge is -2.24. The van der Waals surface area contributed by atoms with E-state index in [2.05, 4.69) is 25.2 Å². The van der Waals surface area contributed by atoms with Crippen molar-refractivity contribution in [3.8, 4) is 17.1 Å². The van der Waals surface area contributed by atoms with E-state index in [1.54, 1.807) is 12.1 Å². The van der Waals surface area contributed by atoms with Gasteiger partial charge in [-0.1, -0.05) is 20.8 Å². The van der Waals surface area contributed by atoms with Gasteiger partial charge in [-0.15, -0.1) is 0 Å². The fraction of sp³-hybridized carbons (Fsp3) is 0.414. The van der Waals surface area contributed by atoms with Gasteiger partial charge in [0, 0.05) is 52.7 Å². The minimum Gasteiger partial charge on any atom is -0.512 e. The zero-order chi connectivity index (χ0) is 28.3. The number of carbonyl (C=O) groups excluding carboxylic acids is 1. The second-order valence-corrected chi connectivity index (χ2v) is 11.0. The van der Waals surface area contributed by atoms with Gasteiger partial charge < -0.3 is 35.4 Å². The molecule has 2 amide bonds. The van der Waals surface area contributed by atoms with Crippen LogP contribution in [0.5, 0.6) is 5.75 Å². The smallest absolute Gasteiger partial charge is 0.347 e. The Kier molecular flexibility index (Phi) is 8.06. The molecule has 5 rings (SSSR count). The van der Waals surface area contributed by atoms with E-state index in [-0.39, 0.29) is 28.1 Å². The average molecular weight is 555 g/mol. The molecule has 2 unspecified atom stereocenters. The van der Waals surface area contributed by atoms with Crippen LogP contribution in [0.3, 0.4) is 0 Å². The van der Waals surface area contributed by atoms with Crippen molar-refractivity contribution in [2.75, 3.05) is 44.8 Å². The number of carbonyl (C=O) groups is 1. The van der Waals surface area contributed by atoms with E-state index in [9.17, 15) is 9.90 Å². The summed E-state index contributed by atoms with van der Waals surface area (Å²) in [5.74, 6) is 1.44. The van der Waals surface area contributed by atoms with E-state index in [1.165, 1.54) is 6.08 Å². The van der Waals surface area contributed by atoms with E-state index < -0.39 is 11.4 Å². The molecule has 40 heavy (non-hydrogen) atoms. The van der Waals surface area contributed by atoms with Gasteiger partial charge in [0.15, 0.2) is 0 Å². The van der Waals surface area contributed by atoms with Crippen molar-refractivity contribution < 1.29 is 28.4 Å². The van der Waals surface area contributed by atoms with Crippen molar-refractivity contribution in [3.63, 3.8) is 0 Å². The van der Waals surface area contributed by atoms with E-state index in [4.69, 9.17) is 19.9 Å². The molecule has 1 aromatic heterocycles. The Morgan fingerprint density at radius 1 is 1.23 bits per heavy atom. The summed E-state index contributed by atoms with van der Waals surface area (Å²) in [7, 11) is 0. The number of likely N-dealkylation sites (tertiary alicyclic amines) is 1. The number of ether oxygens (including phenoxy) is 3. The number of amides is 2. The van der Waals surface area contributed by atoms with E-state index in [1.807, 2.05) is 51.1 Å². The van der Waals surface area contributed by atoms with Gasteiger partial charge in [0.1, 0.15) is 29.8 Å². The SMILES string of the molecule is CC(C)(C)/C(O)=C/C(N)=N/C(=O)Nc1ccc(-c2nc3ccc(OCCN4CC5OCCOC5C4)cc3[nH]2)cc1.[HH].[HH].[HH]. The van der Waals surface area contributed by atoms with Crippen LogP contribution in [0.1, 0.15) is 25.1 Å². The number of aliphatic imine (C=N–C) groups is 1. The van der Waals surface area contributed by atoms with Gasteiger partial charge in [-0.25, -0.2) is 9.78 Å². The first-order chi connectivity index (χ1) is 19.1. The van der Waals surface area contributed by atoms with Crippen LogP contribution >= 0.6 is 0 Å². The first kappa shape index (κ1) is 27.6. The van der Waals surface area contributed by atoms with Gasteiger partial charge in [-0.3, -0.25) is 4.90 Å². The van der Waals surface area contributed by atoms with Crippen LogP contribution in [0.4, 0.5) is 10.5 Å². The molecule has 2 fully saturated rings. The van der Waals surface area contributed by atoms with Crippen molar-refractivity contribution in [1.82, 2.24) is 14.9 Å². The first-order valence-corrected chi connectivity index (χ1v) is 13.4. The molecule has 2 aliphatic heterocycles. The Morgan fingerprint density at radius 3 is 2.60 bits per heavy atom. The van der Waals surface area contributed by atoms with Crippen LogP contribution < -0.4 is 15.8 Å². The number of aliphatic hydroxyl groups excluding tert-OH is 1. The van der Waals surface area contributed by atoms with Crippen LogP contribution in [0.15, 0.2) is 59.3 Å². The predicted octanol–water partition coefficient (Wildman–Crippen LogP) is 4.82. The van der Waals surface area contributed by atoms with Crippen molar-refractivity contribution in [2.45, 2.75) is 33.0 Å². The summed E-state index contributed by atoms with van der Waals surface area (Å²) >= 11 is 0. The molecule has 3 heterocycles. The maximum atomic E-state index is 12.2. The number of nitrogens with two attached hydrogens (primary N) is 1. The van der Waals surface area contributed by atoms with Gasteiger partial charge in [0.25, 0.3) is 0 Å². The molecule has 0 saturated carbocycles. The molecule has 2 saturated heterocycles. The Hall–Kier alpha value is -3.93. The molecular formula is C29H42N6O5. The zero-order valence-corrected chi connectivity index (χ0v) is 23.0. The number of benzene rings is 2. The van der Waals surface area contributed by atoms with Crippen molar-refractivity contribution in [2.24, 2.45) is 16.1 Å². The summed E-state index contributed by atoms with van der Waals surface area (Å²) in [5.41, 5.74) is 8.39. The molecule has 0 bridgehead atoms. The maximum Gasteiger partial charge on any atom is 0.347 e. The van der Waals surface area contributed by atoms with Crippen LogP contribution in [0.25, 0.3) is 22.4 Å². The quantitative estimate of drug-likeness (QED) is 0.185. The molecule has 218 valence electrons.